The Kier molecular flexibility index (Phi) is 4.20. The van der Waals surface area contributed by atoms with Crippen LogP contribution in [-0.2, 0) is 0 Å². The van der Waals surface area contributed by atoms with Crippen molar-refractivity contribution in [3.05, 3.63) is 0 Å². The molecule has 0 aliphatic carbocycles. The fourth-order valence-electron chi connectivity index (χ4n) is 2.42. The number of rotatable bonds is 5. The predicted molar refractivity (Wildman–Crippen MR) is 58.0 cm³/mol. The first-order chi connectivity index (χ1) is 6.18. The lowest BCUT2D eigenvalue weighted by Crippen LogP contribution is -2.47. The van der Waals surface area contributed by atoms with E-state index in [9.17, 15) is 0 Å². The van der Waals surface area contributed by atoms with Crippen LogP contribution in [0.15, 0.2) is 0 Å². The van der Waals surface area contributed by atoms with Crippen LogP contribution in [0.5, 0.6) is 0 Å². The second-order valence-corrected chi connectivity index (χ2v) is 4.65. The van der Waals surface area contributed by atoms with Gasteiger partial charge in [-0.05, 0) is 39.9 Å². The van der Waals surface area contributed by atoms with Crippen LogP contribution in [0.3, 0.4) is 0 Å². The molecule has 0 aromatic heterocycles. The minimum Gasteiger partial charge on any atom is -0.310 e. The number of likely N-dealkylation sites (N-methyl/N-ethyl adjacent to an activating group) is 1. The molecular weight excluding hydrogens is 160 g/mol. The number of unbranched alkanes of at least 4 members (excludes halogenated alkanes) is 1. The molecule has 78 valence electrons. The van der Waals surface area contributed by atoms with Crippen molar-refractivity contribution in [1.29, 1.82) is 0 Å². The van der Waals surface area contributed by atoms with Gasteiger partial charge in [0, 0.05) is 12.1 Å². The van der Waals surface area contributed by atoms with E-state index in [1.807, 2.05) is 0 Å². The van der Waals surface area contributed by atoms with Crippen molar-refractivity contribution in [3.63, 3.8) is 0 Å². The van der Waals surface area contributed by atoms with Gasteiger partial charge in [-0.1, -0.05) is 19.8 Å². The van der Waals surface area contributed by atoms with E-state index in [0.717, 1.165) is 0 Å². The zero-order valence-electron chi connectivity index (χ0n) is 9.40. The van der Waals surface area contributed by atoms with Crippen molar-refractivity contribution in [1.82, 2.24) is 10.2 Å². The van der Waals surface area contributed by atoms with Crippen LogP contribution >= 0.6 is 0 Å². The van der Waals surface area contributed by atoms with Crippen LogP contribution in [0, 0.1) is 0 Å². The molecule has 1 heterocycles. The van der Waals surface area contributed by atoms with Gasteiger partial charge in [-0.2, -0.15) is 0 Å². The second-order valence-electron chi connectivity index (χ2n) is 4.65. The smallest absolute Gasteiger partial charge is 0.0309 e. The lowest BCUT2D eigenvalue weighted by molar-refractivity contribution is 0.238. The molecule has 1 saturated heterocycles. The van der Waals surface area contributed by atoms with Crippen molar-refractivity contribution >= 4 is 0 Å². The van der Waals surface area contributed by atoms with Gasteiger partial charge >= 0.3 is 0 Å². The van der Waals surface area contributed by atoms with E-state index in [2.05, 4.69) is 31.2 Å². The molecule has 13 heavy (non-hydrogen) atoms. The third kappa shape index (κ3) is 3.28. The summed E-state index contributed by atoms with van der Waals surface area (Å²) in [5.74, 6) is 0. The topological polar surface area (TPSA) is 15.3 Å². The third-order valence-electron chi connectivity index (χ3n) is 2.96. The van der Waals surface area contributed by atoms with E-state index in [1.54, 1.807) is 0 Å². The second kappa shape index (κ2) is 4.97. The molecule has 1 aliphatic heterocycles. The molecule has 2 heteroatoms. The summed E-state index contributed by atoms with van der Waals surface area (Å²) in [4.78, 5) is 2.31. The van der Waals surface area contributed by atoms with E-state index >= 15 is 0 Å². The minimum atomic E-state index is 0.444. The largest absolute Gasteiger partial charge is 0.310 e. The van der Waals surface area contributed by atoms with Gasteiger partial charge in [0.25, 0.3) is 0 Å². The lowest BCUT2D eigenvalue weighted by atomic mass is 9.90. The number of hydrogen-bond donors (Lipinski definition) is 1. The van der Waals surface area contributed by atoms with Crippen molar-refractivity contribution in [3.8, 4) is 0 Å². The monoisotopic (exact) mass is 184 g/mol. The Balaban J connectivity index is 2.42. The molecule has 1 fully saturated rings. The molecule has 1 aliphatic rings. The first-order valence-electron chi connectivity index (χ1n) is 5.58. The third-order valence-corrected chi connectivity index (χ3v) is 2.96. The van der Waals surface area contributed by atoms with Crippen LogP contribution < -0.4 is 5.32 Å². The Labute approximate surface area is 82.7 Å². The SMILES string of the molecule is CCCCC1(CN(C)C)CCCN1. The van der Waals surface area contributed by atoms with E-state index < -0.39 is 0 Å². The van der Waals surface area contributed by atoms with Gasteiger partial charge in [0.2, 0.25) is 0 Å². The van der Waals surface area contributed by atoms with E-state index in [-0.39, 0.29) is 0 Å². The molecule has 0 aromatic rings. The van der Waals surface area contributed by atoms with E-state index in [1.165, 1.54) is 45.2 Å². The zero-order valence-corrected chi connectivity index (χ0v) is 9.40. The maximum absolute atomic E-state index is 3.69. The highest BCUT2D eigenvalue weighted by Gasteiger charge is 2.32. The van der Waals surface area contributed by atoms with Gasteiger partial charge in [0.05, 0.1) is 0 Å². The lowest BCUT2D eigenvalue weighted by Gasteiger charge is -2.32. The predicted octanol–water partition coefficient (Wildman–Crippen LogP) is 1.86. The van der Waals surface area contributed by atoms with Gasteiger partial charge in [0.1, 0.15) is 0 Å². The molecule has 2 nitrogen and oxygen atoms in total. The summed E-state index contributed by atoms with van der Waals surface area (Å²) in [6, 6.07) is 0. The van der Waals surface area contributed by atoms with Gasteiger partial charge in [0.15, 0.2) is 0 Å². The Hall–Kier alpha value is -0.0800. The van der Waals surface area contributed by atoms with E-state index in [0.29, 0.717) is 5.54 Å². The normalized spacial score (nSPS) is 28.6. The first kappa shape index (κ1) is 11.0. The number of nitrogens with one attached hydrogen (secondary N) is 1. The minimum absolute atomic E-state index is 0.444. The van der Waals surface area contributed by atoms with Crippen molar-refractivity contribution in [2.24, 2.45) is 0 Å². The Morgan fingerprint density at radius 3 is 2.62 bits per heavy atom. The Bertz CT molecular complexity index is 137. The summed E-state index contributed by atoms with van der Waals surface area (Å²) in [6.45, 7) is 4.70. The number of hydrogen-bond acceptors (Lipinski definition) is 2. The molecule has 0 aromatic carbocycles. The molecule has 0 bridgehead atoms. The number of nitrogens with zero attached hydrogens (tertiary/aromatic N) is 1. The molecule has 0 amide bonds. The highest BCUT2D eigenvalue weighted by atomic mass is 15.1. The summed E-state index contributed by atoms with van der Waals surface area (Å²) >= 11 is 0. The maximum atomic E-state index is 3.69. The van der Waals surface area contributed by atoms with Crippen molar-refractivity contribution < 1.29 is 0 Å². The highest BCUT2D eigenvalue weighted by molar-refractivity contribution is 4.94. The molecular formula is C11H24N2. The Morgan fingerprint density at radius 1 is 1.38 bits per heavy atom. The molecule has 1 atom stereocenters. The summed E-state index contributed by atoms with van der Waals surface area (Å²) in [6.07, 6.45) is 6.75. The Morgan fingerprint density at radius 2 is 2.15 bits per heavy atom. The average molecular weight is 184 g/mol. The zero-order chi connectivity index (χ0) is 9.73. The molecule has 1 rings (SSSR count). The van der Waals surface area contributed by atoms with Crippen molar-refractivity contribution in [2.75, 3.05) is 27.2 Å². The quantitative estimate of drug-likeness (QED) is 0.701. The van der Waals surface area contributed by atoms with E-state index in [4.69, 9.17) is 0 Å². The molecule has 1 unspecified atom stereocenters. The molecule has 1 N–H and O–H groups in total. The van der Waals surface area contributed by atoms with Gasteiger partial charge < -0.3 is 10.2 Å². The average Bonchev–Trinajstić information content (AvgIpc) is 2.49. The van der Waals surface area contributed by atoms with Crippen molar-refractivity contribution in [2.45, 2.75) is 44.6 Å². The fourth-order valence-corrected chi connectivity index (χ4v) is 2.42. The van der Waals surface area contributed by atoms with Crippen LogP contribution in [0.25, 0.3) is 0 Å². The maximum Gasteiger partial charge on any atom is 0.0309 e. The summed E-state index contributed by atoms with van der Waals surface area (Å²) < 4.78 is 0. The van der Waals surface area contributed by atoms with Crippen LogP contribution in [0.4, 0.5) is 0 Å². The molecule has 0 radical (unpaired) electrons. The summed E-state index contributed by atoms with van der Waals surface area (Å²) in [5, 5.41) is 3.69. The van der Waals surface area contributed by atoms with Gasteiger partial charge in [-0.25, -0.2) is 0 Å². The molecule has 0 spiro atoms. The fraction of sp³-hybridized carbons (Fsp3) is 1.00. The summed E-state index contributed by atoms with van der Waals surface area (Å²) in [7, 11) is 4.35. The van der Waals surface area contributed by atoms with Gasteiger partial charge in [-0.3, -0.25) is 0 Å². The van der Waals surface area contributed by atoms with Crippen LogP contribution in [0.1, 0.15) is 39.0 Å². The van der Waals surface area contributed by atoms with Gasteiger partial charge in [-0.15, -0.1) is 0 Å². The van der Waals surface area contributed by atoms with Crippen LogP contribution in [-0.4, -0.2) is 37.6 Å². The highest BCUT2D eigenvalue weighted by Crippen LogP contribution is 2.25. The first-order valence-corrected chi connectivity index (χ1v) is 5.58. The van der Waals surface area contributed by atoms with Crippen LogP contribution in [0.2, 0.25) is 0 Å². The molecule has 0 saturated carbocycles. The standard InChI is InChI=1S/C11H24N2/c1-4-5-7-11(10-13(2)3)8-6-9-12-11/h12H,4-10H2,1-3H3. The summed E-state index contributed by atoms with van der Waals surface area (Å²) in [5.41, 5.74) is 0.444.